The number of carbonyl (C=O) groups excluding carboxylic acids is 1. The molecule has 0 saturated heterocycles. The Bertz CT molecular complexity index is 969. The van der Waals surface area contributed by atoms with E-state index in [4.69, 9.17) is 0 Å². The average molecular weight is 291 g/mol. The molecule has 4 aromatic rings. The summed E-state index contributed by atoms with van der Waals surface area (Å²) in [4.78, 5) is 16.5. The first-order valence-electron chi connectivity index (χ1n) is 6.93. The van der Waals surface area contributed by atoms with Gasteiger partial charge in [-0.25, -0.2) is 9.50 Å². The molecule has 3 heterocycles. The smallest absolute Gasteiger partial charge is 0.244 e. The number of anilines is 1. The molecule has 0 radical (unpaired) electrons. The number of para-hydroxylation sites is 2. The van der Waals surface area contributed by atoms with Crippen molar-refractivity contribution in [2.45, 2.75) is 6.54 Å². The van der Waals surface area contributed by atoms with Gasteiger partial charge in [0, 0.05) is 18.1 Å². The van der Waals surface area contributed by atoms with E-state index in [1.807, 2.05) is 53.2 Å². The Kier molecular flexibility index (Phi) is 2.86. The zero-order valence-electron chi connectivity index (χ0n) is 11.7. The molecule has 0 fully saturated rings. The van der Waals surface area contributed by atoms with E-state index in [1.165, 1.54) is 0 Å². The van der Waals surface area contributed by atoms with Crippen LogP contribution in [0.4, 0.5) is 5.69 Å². The number of aromatic nitrogens is 4. The van der Waals surface area contributed by atoms with Crippen LogP contribution in [0, 0.1) is 0 Å². The molecule has 3 aromatic heterocycles. The lowest BCUT2D eigenvalue weighted by atomic mass is 10.3. The van der Waals surface area contributed by atoms with Crippen molar-refractivity contribution in [1.29, 1.82) is 0 Å². The molecular weight excluding hydrogens is 278 g/mol. The molecule has 1 amide bonds. The third kappa shape index (κ3) is 2.20. The van der Waals surface area contributed by atoms with Crippen LogP contribution in [-0.2, 0) is 11.3 Å². The predicted octanol–water partition coefficient (Wildman–Crippen LogP) is 2.32. The van der Waals surface area contributed by atoms with Gasteiger partial charge in [-0.05, 0) is 30.3 Å². The maximum atomic E-state index is 12.2. The van der Waals surface area contributed by atoms with Crippen molar-refractivity contribution in [3.63, 3.8) is 0 Å². The van der Waals surface area contributed by atoms with E-state index < -0.39 is 0 Å². The van der Waals surface area contributed by atoms with Gasteiger partial charge in [0.05, 0.1) is 22.9 Å². The largest absolute Gasteiger partial charge is 0.324 e. The fourth-order valence-corrected chi connectivity index (χ4v) is 2.49. The second-order valence-electron chi connectivity index (χ2n) is 5.03. The van der Waals surface area contributed by atoms with Crippen molar-refractivity contribution in [2.75, 3.05) is 5.32 Å². The second-order valence-corrected chi connectivity index (χ2v) is 5.03. The highest BCUT2D eigenvalue weighted by Crippen LogP contribution is 2.14. The predicted molar refractivity (Wildman–Crippen MR) is 83.6 cm³/mol. The van der Waals surface area contributed by atoms with Crippen LogP contribution in [-0.4, -0.2) is 25.1 Å². The maximum absolute atomic E-state index is 12.2. The lowest BCUT2D eigenvalue weighted by Crippen LogP contribution is -2.18. The molecular formula is C16H13N5O. The highest BCUT2D eigenvalue weighted by atomic mass is 16.1. The number of imidazole rings is 1. The minimum absolute atomic E-state index is 0.0907. The summed E-state index contributed by atoms with van der Waals surface area (Å²) in [7, 11) is 0. The number of hydrogen-bond acceptors (Lipinski definition) is 3. The summed E-state index contributed by atoms with van der Waals surface area (Å²) in [5.41, 5.74) is 3.52. The number of carbonyl (C=O) groups is 1. The molecule has 22 heavy (non-hydrogen) atoms. The van der Waals surface area contributed by atoms with Crippen molar-refractivity contribution in [3.8, 4) is 0 Å². The van der Waals surface area contributed by atoms with Crippen LogP contribution < -0.4 is 5.32 Å². The number of nitrogens with zero attached hydrogens (tertiary/aromatic N) is 4. The third-order valence-corrected chi connectivity index (χ3v) is 3.52. The van der Waals surface area contributed by atoms with Crippen LogP contribution in [0.3, 0.4) is 0 Å². The van der Waals surface area contributed by atoms with Gasteiger partial charge >= 0.3 is 0 Å². The van der Waals surface area contributed by atoms with Crippen LogP contribution in [0.1, 0.15) is 0 Å². The minimum Gasteiger partial charge on any atom is -0.324 e. The highest BCUT2D eigenvalue weighted by Gasteiger charge is 2.07. The van der Waals surface area contributed by atoms with Gasteiger partial charge in [0.25, 0.3) is 0 Å². The van der Waals surface area contributed by atoms with Gasteiger partial charge in [-0.1, -0.05) is 12.1 Å². The summed E-state index contributed by atoms with van der Waals surface area (Å²) in [5.74, 6) is -0.0907. The fraction of sp³-hybridized carbons (Fsp3) is 0.0625. The van der Waals surface area contributed by atoms with E-state index in [0.29, 0.717) is 0 Å². The number of hydrogen-bond donors (Lipinski definition) is 1. The maximum Gasteiger partial charge on any atom is 0.244 e. The van der Waals surface area contributed by atoms with E-state index in [0.717, 1.165) is 22.2 Å². The van der Waals surface area contributed by atoms with Crippen molar-refractivity contribution in [3.05, 3.63) is 61.2 Å². The molecule has 108 valence electrons. The van der Waals surface area contributed by atoms with E-state index in [9.17, 15) is 4.79 Å². The molecule has 1 aromatic carbocycles. The molecule has 4 rings (SSSR count). The molecule has 0 bridgehead atoms. The molecule has 0 aliphatic carbocycles. The Hall–Kier alpha value is -3.15. The molecule has 0 unspecified atom stereocenters. The highest BCUT2D eigenvalue weighted by molar-refractivity contribution is 5.92. The molecule has 0 saturated carbocycles. The average Bonchev–Trinajstić information content (AvgIpc) is 3.14. The summed E-state index contributed by atoms with van der Waals surface area (Å²) >= 11 is 0. The van der Waals surface area contributed by atoms with Crippen molar-refractivity contribution in [1.82, 2.24) is 19.2 Å². The summed E-state index contributed by atoms with van der Waals surface area (Å²) < 4.78 is 3.58. The van der Waals surface area contributed by atoms with Gasteiger partial charge in [-0.2, -0.15) is 5.10 Å². The van der Waals surface area contributed by atoms with Gasteiger partial charge in [0.1, 0.15) is 6.54 Å². The van der Waals surface area contributed by atoms with Gasteiger partial charge in [0.2, 0.25) is 5.91 Å². The zero-order chi connectivity index (χ0) is 14.9. The summed E-state index contributed by atoms with van der Waals surface area (Å²) in [6, 6.07) is 13.3. The van der Waals surface area contributed by atoms with Crippen LogP contribution in [0.25, 0.3) is 16.6 Å². The monoisotopic (exact) mass is 291 g/mol. The van der Waals surface area contributed by atoms with Crippen LogP contribution in [0.2, 0.25) is 0 Å². The Labute approximate surface area is 126 Å². The van der Waals surface area contributed by atoms with Crippen molar-refractivity contribution >= 4 is 28.1 Å². The first-order chi connectivity index (χ1) is 10.8. The molecule has 6 heteroatoms. The van der Waals surface area contributed by atoms with E-state index in [-0.39, 0.29) is 12.5 Å². The van der Waals surface area contributed by atoms with Crippen molar-refractivity contribution in [2.24, 2.45) is 0 Å². The summed E-state index contributed by atoms with van der Waals surface area (Å²) in [6.07, 6.45) is 5.22. The third-order valence-electron chi connectivity index (χ3n) is 3.52. The lowest BCUT2D eigenvalue weighted by molar-refractivity contribution is -0.116. The van der Waals surface area contributed by atoms with E-state index >= 15 is 0 Å². The lowest BCUT2D eigenvalue weighted by Gasteiger charge is -2.07. The summed E-state index contributed by atoms with van der Waals surface area (Å²) in [5, 5.41) is 7.02. The number of benzene rings is 1. The number of nitrogens with one attached hydrogen (secondary N) is 1. The van der Waals surface area contributed by atoms with Gasteiger partial charge in [0.15, 0.2) is 0 Å². The number of pyridine rings is 1. The summed E-state index contributed by atoms with van der Waals surface area (Å²) in [6.45, 7) is 0.227. The molecule has 0 spiro atoms. The van der Waals surface area contributed by atoms with Gasteiger partial charge in [-0.15, -0.1) is 0 Å². The first-order valence-corrected chi connectivity index (χ1v) is 6.93. The Morgan fingerprint density at radius 3 is 3.05 bits per heavy atom. The topological polar surface area (TPSA) is 64.2 Å². The molecule has 1 N–H and O–H groups in total. The SMILES string of the molecule is O=C(Cn1cnc2ccccc21)Nc1ccn2nccc2c1. The van der Waals surface area contributed by atoms with Gasteiger partial charge in [-0.3, -0.25) is 4.79 Å². The van der Waals surface area contributed by atoms with E-state index in [2.05, 4.69) is 15.4 Å². The molecule has 0 atom stereocenters. The number of fused-ring (bicyclic) bond motifs is 2. The quantitative estimate of drug-likeness (QED) is 0.630. The molecule has 0 aliphatic rings. The zero-order valence-corrected chi connectivity index (χ0v) is 11.7. The Morgan fingerprint density at radius 2 is 2.09 bits per heavy atom. The molecule has 6 nitrogen and oxygen atoms in total. The van der Waals surface area contributed by atoms with Crippen LogP contribution >= 0.6 is 0 Å². The van der Waals surface area contributed by atoms with Crippen molar-refractivity contribution < 1.29 is 4.79 Å². The minimum atomic E-state index is -0.0907. The first kappa shape index (κ1) is 12.6. The normalized spacial score (nSPS) is 11.1. The Balaban J connectivity index is 1.54. The number of rotatable bonds is 3. The number of amides is 1. The van der Waals surface area contributed by atoms with E-state index in [1.54, 1.807) is 17.0 Å². The Morgan fingerprint density at radius 1 is 1.18 bits per heavy atom. The van der Waals surface area contributed by atoms with Crippen LogP contribution in [0.15, 0.2) is 61.2 Å². The van der Waals surface area contributed by atoms with Gasteiger partial charge < -0.3 is 9.88 Å². The second kappa shape index (κ2) is 5.00. The molecule has 0 aliphatic heterocycles. The standard InChI is InChI=1S/C16H13N5O/c22-16(10-20-11-17-14-3-1-2-4-15(14)20)19-12-6-8-21-13(9-12)5-7-18-21/h1-9,11H,10H2,(H,19,22). The fourth-order valence-electron chi connectivity index (χ4n) is 2.49. The van der Waals surface area contributed by atoms with Crippen LogP contribution in [0.5, 0.6) is 0 Å².